The molecule has 1 atom stereocenters. The molecular formula is C12H17BF3NO2. The molecule has 0 saturated carbocycles. The molecule has 0 aromatic heterocycles. The maximum atomic E-state index is 13.1. The fraction of sp³-hybridized carbons (Fsp3) is 0.500. The predicted octanol–water partition coefficient (Wildman–Crippen LogP) is 2.55. The molecule has 3 nitrogen and oxygen atoms in total. The van der Waals surface area contributed by atoms with Crippen LogP contribution < -0.4 is 9.47 Å². The van der Waals surface area contributed by atoms with Gasteiger partial charge in [0, 0.05) is 25.6 Å². The Bertz CT molecular complexity index is 493. The first kappa shape index (κ1) is 14.1. The number of likely N-dealkylation sites (N-methyl/N-ethyl adjacent to an activating group) is 1. The molecule has 1 aliphatic heterocycles. The van der Waals surface area contributed by atoms with Crippen LogP contribution in [0.3, 0.4) is 0 Å². The van der Waals surface area contributed by atoms with Crippen LogP contribution in [0.2, 0.25) is 0 Å². The Kier molecular flexibility index (Phi) is 3.42. The molecule has 0 saturated heterocycles. The van der Waals surface area contributed by atoms with Crippen LogP contribution in [-0.2, 0) is 13.0 Å². The van der Waals surface area contributed by atoms with Crippen molar-refractivity contribution in [3.63, 3.8) is 0 Å². The molecule has 1 aromatic carbocycles. The van der Waals surface area contributed by atoms with Crippen molar-refractivity contribution in [3.05, 3.63) is 23.3 Å². The van der Waals surface area contributed by atoms with Gasteiger partial charge in [0.25, 0.3) is 0 Å². The Balaban J connectivity index is 2.41. The van der Waals surface area contributed by atoms with Gasteiger partial charge in [-0.3, -0.25) is 0 Å². The Morgan fingerprint density at radius 1 is 1.05 bits per heavy atom. The molecule has 106 valence electrons. The SMILES string of the molecule is COc1cc2c(cc1OC)C[N+](C)([B-](F)(F)F)CC2. The van der Waals surface area contributed by atoms with Crippen LogP contribution in [0.25, 0.3) is 0 Å². The quantitative estimate of drug-likeness (QED) is 0.789. The van der Waals surface area contributed by atoms with Gasteiger partial charge in [0.15, 0.2) is 11.5 Å². The van der Waals surface area contributed by atoms with Crippen molar-refractivity contribution in [2.75, 3.05) is 27.8 Å². The van der Waals surface area contributed by atoms with E-state index in [2.05, 4.69) is 0 Å². The van der Waals surface area contributed by atoms with Crippen molar-refractivity contribution in [1.29, 1.82) is 0 Å². The van der Waals surface area contributed by atoms with Gasteiger partial charge >= 0.3 is 7.11 Å². The zero-order valence-corrected chi connectivity index (χ0v) is 11.3. The zero-order valence-electron chi connectivity index (χ0n) is 11.3. The molecule has 0 amide bonds. The van der Waals surface area contributed by atoms with Crippen molar-refractivity contribution >= 4 is 7.11 Å². The average Bonchev–Trinajstić information content (AvgIpc) is 2.35. The number of hydrogen-bond acceptors (Lipinski definition) is 2. The third-order valence-corrected chi connectivity index (χ3v) is 3.84. The van der Waals surface area contributed by atoms with Crippen LogP contribution in [0.5, 0.6) is 11.5 Å². The van der Waals surface area contributed by atoms with Crippen LogP contribution in [0.4, 0.5) is 12.9 Å². The number of hydrogen-bond donors (Lipinski definition) is 0. The highest BCUT2D eigenvalue weighted by molar-refractivity contribution is 6.50. The minimum Gasteiger partial charge on any atom is -0.493 e. The van der Waals surface area contributed by atoms with E-state index in [1.807, 2.05) is 0 Å². The van der Waals surface area contributed by atoms with E-state index >= 15 is 0 Å². The zero-order chi connectivity index (χ0) is 14.3. The molecule has 1 unspecified atom stereocenters. The highest BCUT2D eigenvalue weighted by atomic mass is 19.4. The summed E-state index contributed by atoms with van der Waals surface area (Å²) in [6.45, 7) is 0.0329. The molecule has 19 heavy (non-hydrogen) atoms. The van der Waals surface area contributed by atoms with Crippen LogP contribution in [-0.4, -0.2) is 39.3 Å². The number of ether oxygens (including phenoxy) is 2. The van der Waals surface area contributed by atoms with Gasteiger partial charge in [-0.15, -0.1) is 0 Å². The molecule has 1 aliphatic rings. The Morgan fingerprint density at radius 3 is 2.05 bits per heavy atom. The van der Waals surface area contributed by atoms with Gasteiger partial charge in [0.1, 0.15) is 0 Å². The van der Waals surface area contributed by atoms with Crippen molar-refractivity contribution in [3.8, 4) is 11.5 Å². The largest absolute Gasteiger partial charge is 0.733 e. The van der Waals surface area contributed by atoms with Gasteiger partial charge in [0.2, 0.25) is 0 Å². The first-order chi connectivity index (χ1) is 8.80. The molecule has 1 heterocycles. The monoisotopic (exact) mass is 275 g/mol. The summed E-state index contributed by atoms with van der Waals surface area (Å²) >= 11 is 0. The summed E-state index contributed by atoms with van der Waals surface area (Å²) in [5.74, 6) is 1.04. The molecule has 0 N–H and O–H groups in total. The van der Waals surface area contributed by atoms with E-state index in [4.69, 9.17) is 9.47 Å². The van der Waals surface area contributed by atoms with Crippen LogP contribution in [0.1, 0.15) is 11.1 Å². The molecule has 0 spiro atoms. The maximum absolute atomic E-state index is 13.1. The highest BCUT2D eigenvalue weighted by Gasteiger charge is 2.50. The Hall–Kier alpha value is -1.37. The standard InChI is InChI=1S/C12H17BF3NO2/c1-17(13(14,15)16)5-4-9-6-11(18-2)12(19-3)7-10(9)8-17/h6-7H,4-5,8H2,1-3H3. The van der Waals surface area contributed by atoms with E-state index < -0.39 is 11.5 Å². The second-order valence-electron chi connectivity index (χ2n) is 5.13. The molecular weight excluding hydrogens is 258 g/mol. The minimum atomic E-state index is -4.91. The topological polar surface area (TPSA) is 18.5 Å². The van der Waals surface area contributed by atoms with Gasteiger partial charge in [-0.1, -0.05) is 0 Å². The molecule has 0 aliphatic carbocycles. The summed E-state index contributed by atoms with van der Waals surface area (Å²) in [5, 5.41) is 0. The van der Waals surface area contributed by atoms with Crippen molar-refractivity contribution in [2.45, 2.75) is 13.0 Å². The first-order valence-corrected chi connectivity index (χ1v) is 6.08. The van der Waals surface area contributed by atoms with Crippen molar-refractivity contribution in [1.82, 2.24) is 0 Å². The van der Waals surface area contributed by atoms with Gasteiger partial charge in [-0.25, -0.2) is 0 Å². The molecule has 7 heteroatoms. The maximum Gasteiger partial charge on any atom is 0.733 e. The predicted molar refractivity (Wildman–Crippen MR) is 67.1 cm³/mol. The third-order valence-electron chi connectivity index (χ3n) is 3.84. The molecule has 1 aromatic rings. The lowest BCUT2D eigenvalue weighted by Crippen LogP contribution is -2.60. The lowest BCUT2D eigenvalue weighted by Gasteiger charge is -2.46. The van der Waals surface area contributed by atoms with Gasteiger partial charge in [-0.05, 0) is 17.7 Å². The minimum absolute atomic E-state index is 0.0425. The first-order valence-electron chi connectivity index (χ1n) is 6.08. The number of methoxy groups -OCH3 is 2. The summed E-state index contributed by atoms with van der Waals surface area (Å²) in [5.41, 5.74) is 1.60. The lowest BCUT2D eigenvalue weighted by atomic mass is 9.89. The number of benzene rings is 1. The van der Waals surface area contributed by atoms with E-state index in [-0.39, 0.29) is 13.1 Å². The molecule has 0 radical (unpaired) electrons. The van der Waals surface area contributed by atoms with Crippen LogP contribution in [0, 0.1) is 0 Å². The summed E-state index contributed by atoms with van der Waals surface area (Å²) in [7, 11) is -0.664. The van der Waals surface area contributed by atoms with Crippen LogP contribution in [0.15, 0.2) is 12.1 Å². The van der Waals surface area contributed by atoms with E-state index in [1.54, 1.807) is 12.1 Å². The van der Waals surface area contributed by atoms with Crippen molar-refractivity contribution < 1.29 is 26.8 Å². The Labute approximate surface area is 110 Å². The van der Waals surface area contributed by atoms with Crippen LogP contribution >= 0.6 is 0 Å². The van der Waals surface area contributed by atoms with Crippen molar-refractivity contribution in [2.24, 2.45) is 0 Å². The average molecular weight is 275 g/mol. The highest BCUT2D eigenvalue weighted by Crippen LogP contribution is 2.37. The number of quaternary nitrogens is 1. The number of rotatable bonds is 3. The van der Waals surface area contributed by atoms with E-state index in [1.165, 1.54) is 21.3 Å². The van der Waals surface area contributed by atoms with E-state index in [9.17, 15) is 12.9 Å². The summed E-state index contributed by atoms with van der Waals surface area (Å²) < 4.78 is 48.8. The lowest BCUT2D eigenvalue weighted by molar-refractivity contribution is -0.846. The molecule has 0 bridgehead atoms. The van der Waals surface area contributed by atoms with E-state index in [0.717, 1.165) is 5.56 Å². The van der Waals surface area contributed by atoms with Gasteiger partial charge in [-0.2, -0.15) is 0 Å². The molecule has 2 rings (SSSR count). The number of nitrogens with zero attached hydrogens (tertiary/aromatic N) is 1. The summed E-state index contributed by atoms with van der Waals surface area (Å²) in [4.78, 5) is 0. The summed E-state index contributed by atoms with van der Waals surface area (Å²) in [6, 6.07) is 3.44. The second-order valence-corrected chi connectivity index (χ2v) is 5.13. The van der Waals surface area contributed by atoms with Gasteiger partial charge < -0.3 is 26.8 Å². The number of halogens is 3. The van der Waals surface area contributed by atoms with E-state index in [0.29, 0.717) is 23.5 Å². The third kappa shape index (κ3) is 2.39. The second kappa shape index (κ2) is 4.63. The van der Waals surface area contributed by atoms with Gasteiger partial charge in [0.05, 0.1) is 20.8 Å². The Morgan fingerprint density at radius 2 is 1.58 bits per heavy atom. The fourth-order valence-corrected chi connectivity index (χ4v) is 2.44. The summed E-state index contributed by atoms with van der Waals surface area (Å²) in [6.07, 6.45) is 0.396. The normalized spacial score (nSPS) is 22.8. The molecule has 0 fully saturated rings. The fourth-order valence-electron chi connectivity index (χ4n) is 2.44. The smallest absolute Gasteiger partial charge is 0.493 e. The number of fused-ring (bicyclic) bond motifs is 1.